The average molecular weight is 203 g/mol. The van der Waals surface area contributed by atoms with Crippen LogP contribution in [0.3, 0.4) is 0 Å². The second kappa shape index (κ2) is 9.07. The zero-order chi connectivity index (χ0) is 11.5. The average Bonchev–Trinajstić information content (AvgIpc) is 2.25. The van der Waals surface area contributed by atoms with Crippen LogP contribution in [0.5, 0.6) is 0 Å². The van der Waals surface area contributed by atoms with Crippen LogP contribution in [0.15, 0.2) is 60.4 Å². The number of hydrogen-bond acceptors (Lipinski definition) is 1. The summed E-state index contributed by atoms with van der Waals surface area (Å²) in [7, 11) is 0. The van der Waals surface area contributed by atoms with E-state index in [9.17, 15) is 0 Å². The third-order valence-electron chi connectivity index (χ3n) is 1.95. The number of hydrogen-bond donors (Lipinski definition) is 1. The first-order valence-electron chi connectivity index (χ1n) is 5.21. The van der Waals surface area contributed by atoms with Crippen LogP contribution in [-0.2, 0) is 0 Å². The normalized spacial score (nSPS) is 14.0. The Balaban J connectivity index is 4.30. The highest BCUT2D eigenvalue weighted by Gasteiger charge is 1.91. The number of allylic oxidation sites excluding steroid dienone is 8. The fraction of sp³-hybridized carbons (Fsp3) is 0.286. The molecule has 0 saturated carbocycles. The second-order valence-corrected chi connectivity index (χ2v) is 3.37. The Bertz CT molecular complexity index is 290. The summed E-state index contributed by atoms with van der Waals surface area (Å²) in [6, 6.07) is 0. The Morgan fingerprint density at radius 3 is 2.53 bits per heavy atom. The molecule has 82 valence electrons. The molecule has 0 aromatic carbocycles. The molecule has 0 aliphatic rings. The van der Waals surface area contributed by atoms with Crippen molar-refractivity contribution >= 4 is 0 Å². The van der Waals surface area contributed by atoms with E-state index in [2.05, 4.69) is 31.7 Å². The van der Waals surface area contributed by atoms with Crippen LogP contribution >= 0.6 is 0 Å². The molecule has 1 heteroatoms. The molecule has 0 amide bonds. The minimum Gasteiger partial charge on any atom is -0.404 e. The predicted octanol–water partition coefficient (Wildman–Crippen LogP) is 3.87. The molecule has 0 aliphatic carbocycles. The van der Waals surface area contributed by atoms with Gasteiger partial charge in [0.2, 0.25) is 0 Å². The van der Waals surface area contributed by atoms with E-state index < -0.39 is 0 Å². The Hall–Kier alpha value is -1.50. The number of nitrogens with two attached hydrogens (primary N) is 1. The first-order chi connectivity index (χ1) is 7.24. The Morgan fingerprint density at radius 1 is 1.27 bits per heavy atom. The smallest absolute Gasteiger partial charge is 0.00265 e. The van der Waals surface area contributed by atoms with Crippen LogP contribution in [-0.4, -0.2) is 0 Å². The van der Waals surface area contributed by atoms with Crippen molar-refractivity contribution in [2.24, 2.45) is 5.73 Å². The van der Waals surface area contributed by atoms with Crippen molar-refractivity contribution in [2.75, 3.05) is 0 Å². The summed E-state index contributed by atoms with van der Waals surface area (Å²) in [5, 5.41) is 0. The van der Waals surface area contributed by atoms with Crippen molar-refractivity contribution in [3.63, 3.8) is 0 Å². The summed E-state index contributed by atoms with van der Waals surface area (Å²) < 4.78 is 0. The summed E-state index contributed by atoms with van der Waals surface area (Å²) in [6.07, 6.45) is 15.6. The lowest BCUT2D eigenvalue weighted by molar-refractivity contribution is 1.16. The maximum Gasteiger partial charge on any atom is -0.00265 e. The lowest BCUT2D eigenvalue weighted by Crippen LogP contribution is -1.86. The quantitative estimate of drug-likeness (QED) is 0.514. The van der Waals surface area contributed by atoms with Gasteiger partial charge in [0.05, 0.1) is 0 Å². The summed E-state index contributed by atoms with van der Waals surface area (Å²) in [5.74, 6) is 0. The highest BCUT2D eigenvalue weighted by atomic mass is 14.5. The van der Waals surface area contributed by atoms with Crippen LogP contribution in [0.2, 0.25) is 0 Å². The second-order valence-electron chi connectivity index (χ2n) is 3.37. The summed E-state index contributed by atoms with van der Waals surface area (Å²) >= 11 is 0. The first kappa shape index (κ1) is 13.5. The lowest BCUT2D eigenvalue weighted by atomic mass is 10.1. The topological polar surface area (TPSA) is 26.0 Å². The first-order valence-corrected chi connectivity index (χ1v) is 5.21. The number of rotatable bonds is 6. The van der Waals surface area contributed by atoms with E-state index in [1.54, 1.807) is 12.3 Å². The molecule has 0 spiro atoms. The maximum atomic E-state index is 5.55. The molecule has 1 nitrogen and oxygen atoms in total. The molecule has 2 N–H and O–H groups in total. The molecule has 0 aliphatic heterocycles. The molecular formula is C14H21N. The van der Waals surface area contributed by atoms with Gasteiger partial charge < -0.3 is 5.73 Å². The molecule has 0 aromatic heterocycles. The highest BCUT2D eigenvalue weighted by molar-refractivity contribution is 5.25. The van der Waals surface area contributed by atoms with E-state index >= 15 is 0 Å². The molecular weight excluding hydrogens is 182 g/mol. The van der Waals surface area contributed by atoms with E-state index in [1.807, 2.05) is 19.1 Å². The van der Waals surface area contributed by atoms with Gasteiger partial charge in [-0.15, -0.1) is 0 Å². The zero-order valence-corrected chi connectivity index (χ0v) is 9.74. The van der Waals surface area contributed by atoms with E-state index in [0.717, 1.165) is 18.4 Å². The Morgan fingerprint density at radius 2 is 2.00 bits per heavy atom. The summed E-state index contributed by atoms with van der Waals surface area (Å²) in [6.45, 7) is 7.76. The Kier molecular flexibility index (Phi) is 8.16. The van der Waals surface area contributed by atoms with Crippen LogP contribution in [0.4, 0.5) is 0 Å². The van der Waals surface area contributed by atoms with Gasteiger partial charge in [-0.05, 0) is 38.5 Å². The standard InChI is InChI=1S/C14H21N/c1-4-6-8-10-14(12-15)11-13(3)9-7-5-2/h4-8,11-12H,1,9-10,15H2,2-3H3/b7-5-,8-6-,13-11-,14-12-. The highest BCUT2D eigenvalue weighted by Crippen LogP contribution is 2.10. The van der Waals surface area contributed by atoms with Crippen LogP contribution in [0, 0.1) is 0 Å². The van der Waals surface area contributed by atoms with Crippen molar-refractivity contribution in [1.82, 2.24) is 0 Å². The van der Waals surface area contributed by atoms with Gasteiger partial charge in [0.1, 0.15) is 0 Å². The van der Waals surface area contributed by atoms with E-state index in [-0.39, 0.29) is 0 Å². The van der Waals surface area contributed by atoms with Gasteiger partial charge in [-0.25, -0.2) is 0 Å². The molecule has 0 radical (unpaired) electrons. The van der Waals surface area contributed by atoms with Gasteiger partial charge in [-0.1, -0.05) is 48.6 Å². The van der Waals surface area contributed by atoms with Crippen LogP contribution in [0.25, 0.3) is 0 Å². The third kappa shape index (κ3) is 7.56. The molecule has 0 rings (SSSR count). The zero-order valence-electron chi connectivity index (χ0n) is 9.74. The molecule has 0 atom stereocenters. The van der Waals surface area contributed by atoms with Gasteiger partial charge in [0.15, 0.2) is 0 Å². The van der Waals surface area contributed by atoms with Gasteiger partial charge >= 0.3 is 0 Å². The molecule has 0 bridgehead atoms. The molecule has 0 unspecified atom stereocenters. The van der Waals surface area contributed by atoms with E-state index in [4.69, 9.17) is 5.73 Å². The van der Waals surface area contributed by atoms with Crippen LogP contribution in [0.1, 0.15) is 26.7 Å². The SMILES string of the molecule is C=C/C=C\CC(/C=C(/C)C/C=C\C)=C/N. The van der Waals surface area contributed by atoms with Crippen LogP contribution < -0.4 is 5.73 Å². The van der Waals surface area contributed by atoms with Crippen molar-refractivity contribution in [3.05, 3.63) is 60.4 Å². The van der Waals surface area contributed by atoms with Gasteiger partial charge in [0.25, 0.3) is 0 Å². The van der Waals surface area contributed by atoms with Gasteiger partial charge in [0, 0.05) is 0 Å². The van der Waals surface area contributed by atoms with Crippen molar-refractivity contribution in [1.29, 1.82) is 0 Å². The lowest BCUT2D eigenvalue weighted by Gasteiger charge is -1.99. The summed E-state index contributed by atoms with van der Waals surface area (Å²) in [4.78, 5) is 0. The van der Waals surface area contributed by atoms with E-state index in [0.29, 0.717) is 0 Å². The monoisotopic (exact) mass is 203 g/mol. The van der Waals surface area contributed by atoms with Crippen molar-refractivity contribution < 1.29 is 0 Å². The summed E-state index contributed by atoms with van der Waals surface area (Å²) in [5.41, 5.74) is 8.00. The van der Waals surface area contributed by atoms with Crippen molar-refractivity contribution in [2.45, 2.75) is 26.7 Å². The molecule has 0 heterocycles. The fourth-order valence-electron chi connectivity index (χ4n) is 1.15. The van der Waals surface area contributed by atoms with Crippen molar-refractivity contribution in [3.8, 4) is 0 Å². The maximum absolute atomic E-state index is 5.55. The minimum atomic E-state index is 0.857. The van der Waals surface area contributed by atoms with E-state index in [1.165, 1.54) is 5.57 Å². The molecule has 0 aromatic rings. The third-order valence-corrected chi connectivity index (χ3v) is 1.95. The molecule has 15 heavy (non-hydrogen) atoms. The minimum absolute atomic E-state index is 0.857. The van der Waals surface area contributed by atoms with Gasteiger partial charge in [-0.2, -0.15) is 0 Å². The molecule has 0 saturated heterocycles. The Labute approximate surface area is 93.4 Å². The van der Waals surface area contributed by atoms with Gasteiger partial charge in [-0.3, -0.25) is 0 Å². The fourth-order valence-corrected chi connectivity index (χ4v) is 1.15. The predicted molar refractivity (Wildman–Crippen MR) is 69.4 cm³/mol. The largest absolute Gasteiger partial charge is 0.404 e. The molecule has 0 fully saturated rings.